The van der Waals surface area contributed by atoms with Gasteiger partial charge in [0.1, 0.15) is 42.0 Å². The molecule has 4 heterocycles. The monoisotopic (exact) mass is 501 g/mol. The van der Waals surface area contributed by atoms with Gasteiger partial charge in [-0.05, 0) is 31.5 Å². The van der Waals surface area contributed by atoms with Crippen molar-refractivity contribution < 1.29 is 24.9 Å². The first-order valence-electron chi connectivity index (χ1n) is 11.7. The number of rotatable bonds is 12. The largest absolute Gasteiger partial charge is 0.480 e. The minimum Gasteiger partial charge on any atom is -0.480 e. The maximum Gasteiger partial charge on any atom is 0.320 e. The van der Waals surface area contributed by atoms with Gasteiger partial charge in [-0.2, -0.15) is 0 Å². The molecule has 0 radical (unpaired) electrons. The zero-order valence-corrected chi connectivity index (χ0v) is 19.6. The highest BCUT2D eigenvalue weighted by atomic mass is 16.6. The van der Waals surface area contributed by atoms with Crippen LogP contribution in [-0.2, 0) is 9.53 Å². The van der Waals surface area contributed by atoms with Crippen molar-refractivity contribution >= 4 is 28.8 Å². The number of ether oxygens (including phenoxy) is 1. The summed E-state index contributed by atoms with van der Waals surface area (Å²) in [5.74, 6) is -0.120. The lowest BCUT2D eigenvalue weighted by Crippen LogP contribution is -2.43. The molecule has 0 saturated carbocycles. The number of carboxylic acids is 1. The molecular formula is C22H31N9O5. The third kappa shape index (κ3) is 5.85. The molecule has 4 rings (SSSR count). The van der Waals surface area contributed by atoms with Crippen molar-refractivity contribution in [2.45, 2.75) is 43.4 Å². The van der Waals surface area contributed by atoms with Crippen LogP contribution in [0.2, 0.25) is 0 Å². The Morgan fingerprint density at radius 2 is 2.03 bits per heavy atom. The van der Waals surface area contributed by atoms with Gasteiger partial charge in [0.15, 0.2) is 17.7 Å². The van der Waals surface area contributed by atoms with Crippen LogP contribution in [0.15, 0.2) is 37.1 Å². The predicted molar refractivity (Wildman–Crippen MR) is 130 cm³/mol. The summed E-state index contributed by atoms with van der Waals surface area (Å²) in [5.41, 5.74) is 12.3. The Morgan fingerprint density at radius 1 is 1.19 bits per heavy atom. The molecule has 1 fully saturated rings. The van der Waals surface area contributed by atoms with E-state index in [1.165, 1.54) is 17.2 Å². The maximum absolute atomic E-state index is 11.2. The second kappa shape index (κ2) is 11.5. The lowest BCUT2D eigenvalue weighted by molar-refractivity contribution is -0.138. The molecule has 1 saturated heterocycles. The van der Waals surface area contributed by atoms with Crippen LogP contribution < -0.4 is 16.8 Å². The standard InChI is InChI=1S/C22H31N9O5/c23-13(22(34)35)5-9-30(8-3-7-26-15-4-1-2-6-25-15)10-14-17(32)18(33)21(36-14)31-12-29-16-19(24)27-11-28-20(16)31/h1-2,4,6,11-14,17-18,21,32-33H,3,5,7-10,23H2,(H,25,26)(H,34,35)(H2,24,27,28)/t13-,14+,17+,18+,21+/m0/s1. The van der Waals surface area contributed by atoms with Crippen molar-refractivity contribution in [1.82, 2.24) is 29.4 Å². The Morgan fingerprint density at radius 3 is 2.78 bits per heavy atom. The smallest absolute Gasteiger partial charge is 0.320 e. The maximum atomic E-state index is 11.2. The summed E-state index contributed by atoms with van der Waals surface area (Å²) in [6.45, 7) is 1.85. The number of aromatic nitrogens is 5. The molecule has 0 spiro atoms. The van der Waals surface area contributed by atoms with Crippen molar-refractivity contribution in [2.24, 2.45) is 5.73 Å². The molecule has 8 N–H and O–H groups in total. The van der Waals surface area contributed by atoms with Crippen molar-refractivity contribution in [3.05, 3.63) is 37.1 Å². The number of aliphatic carboxylic acids is 1. The second-order valence-corrected chi connectivity index (χ2v) is 8.66. The third-order valence-electron chi connectivity index (χ3n) is 6.13. The number of nitrogens with one attached hydrogen (secondary N) is 1. The molecule has 194 valence electrons. The fourth-order valence-corrected chi connectivity index (χ4v) is 4.15. The third-order valence-corrected chi connectivity index (χ3v) is 6.13. The SMILES string of the molecule is Nc1ncnc2c1ncn2[C@@H]1O[C@H](CN(CCCNc2ccccn2)CC[C@H](N)C(=O)O)[C@@H](O)[C@H]1O. The number of hydrogen-bond donors (Lipinski definition) is 6. The van der Waals surface area contributed by atoms with Gasteiger partial charge in [-0.3, -0.25) is 9.36 Å². The number of pyridine rings is 1. The fraction of sp³-hybridized carbons (Fsp3) is 0.500. The first kappa shape index (κ1) is 25.7. The summed E-state index contributed by atoms with van der Waals surface area (Å²) in [7, 11) is 0. The molecule has 0 aliphatic carbocycles. The number of nitrogens with two attached hydrogens (primary N) is 2. The van der Waals surface area contributed by atoms with E-state index in [1.807, 2.05) is 23.1 Å². The molecule has 3 aromatic heterocycles. The van der Waals surface area contributed by atoms with E-state index in [1.54, 1.807) is 6.20 Å². The van der Waals surface area contributed by atoms with Crippen LogP contribution >= 0.6 is 0 Å². The van der Waals surface area contributed by atoms with Gasteiger partial charge in [0.2, 0.25) is 0 Å². The average Bonchev–Trinajstić information content (AvgIpc) is 3.42. The summed E-state index contributed by atoms with van der Waals surface area (Å²) >= 11 is 0. The van der Waals surface area contributed by atoms with E-state index in [4.69, 9.17) is 21.3 Å². The number of nitrogens with zero attached hydrogens (tertiary/aromatic N) is 6. The number of nitrogen functional groups attached to an aromatic ring is 1. The first-order valence-corrected chi connectivity index (χ1v) is 11.7. The quantitative estimate of drug-likeness (QED) is 0.165. The minimum absolute atomic E-state index is 0.198. The number of fused-ring (bicyclic) bond motifs is 1. The van der Waals surface area contributed by atoms with Crippen LogP contribution in [0.3, 0.4) is 0 Å². The van der Waals surface area contributed by atoms with E-state index in [2.05, 4.69) is 25.3 Å². The zero-order chi connectivity index (χ0) is 25.7. The Kier molecular flexibility index (Phi) is 8.22. The highest BCUT2D eigenvalue weighted by Gasteiger charge is 2.44. The summed E-state index contributed by atoms with van der Waals surface area (Å²) in [4.78, 5) is 29.7. The molecule has 5 atom stereocenters. The Balaban J connectivity index is 1.41. The molecule has 1 aliphatic heterocycles. The number of carbonyl (C=O) groups is 1. The lowest BCUT2D eigenvalue weighted by Gasteiger charge is -2.27. The minimum atomic E-state index is -1.24. The van der Waals surface area contributed by atoms with Crippen LogP contribution in [0.5, 0.6) is 0 Å². The highest BCUT2D eigenvalue weighted by Crippen LogP contribution is 2.32. The molecule has 14 heteroatoms. The van der Waals surface area contributed by atoms with Crippen LogP contribution in [-0.4, -0.2) is 101 Å². The molecule has 1 aliphatic rings. The Labute approximate surface area is 206 Å². The zero-order valence-electron chi connectivity index (χ0n) is 19.6. The Hall–Kier alpha value is -3.43. The summed E-state index contributed by atoms with van der Waals surface area (Å²) in [5, 5.41) is 33.9. The van der Waals surface area contributed by atoms with E-state index in [-0.39, 0.29) is 18.8 Å². The molecule has 14 nitrogen and oxygen atoms in total. The summed E-state index contributed by atoms with van der Waals surface area (Å²) in [6, 6.07) is 4.59. The van der Waals surface area contributed by atoms with Gasteiger partial charge in [-0.1, -0.05) is 6.07 Å². The number of aliphatic hydroxyl groups excluding tert-OH is 2. The van der Waals surface area contributed by atoms with E-state index in [0.717, 1.165) is 12.2 Å². The van der Waals surface area contributed by atoms with Crippen LogP contribution in [0.1, 0.15) is 19.1 Å². The molecule has 36 heavy (non-hydrogen) atoms. The predicted octanol–water partition coefficient (Wildman–Crippen LogP) is -0.971. The molecular weight excluding hydrogens is 470 g/mol. The lowest BCUT2D eigenvalue weighted by atomic mass is 10.1. The van der Waals surface area contributed by atoms with Crippen LogP contribution in [0, 0.1) is 0 Å². The topological polar surface area (TPSA) is 211 Å². The van der Waals surface area contributed by atoms with E-state index in [9.17, 15) is 15.0 Å². The van der Waals surface area contributed by atoms with Gasteiger partial charge in [-0.15, -0.1) is 0 Å². The number of imidazole rings is 1. The van der Waals surface area contributed by atoms with Crippen molar-refractivity contribution in [2.75, 3.05) is 37.2 Å². The molecule has 0 bridgehead atoms. The van der Waals surface area contributed by atoms with Crippen LogP contribution in [0.25, 0.3) is 11.2 Å². The molecule has 0 amide bonds. The van der Waals surface area contributed by atoms with Gasteiger partial charge in [0.25, 0.3) is 0 Å². The fourth-order valence-electron chi connectivity index (χ4n) is 4.15. The van der Waals surface area contributed by atoms with E-state index in [0.29, 0.717) is 30.8 Å². The second-order valence-electron chi connectivity index (χ2n) is 8.66. The van der Waals surface area contributed by atoms with E-state index >= 15 is 0 Å². The average molecular weight is 502 g/mol. The number of aliphatic hydroxyl groups is 2. The molecule has 3 aromatic rings. The van der Waals surface area contributed by atoms with E-state index < -0.39 is 36.6 Å². The molecule has 0 unspecified atom stereocenters. The van der Waals surface area contributed by atoms with Gasteiger partial charge in [0, 0.05) is 25.8 Å². The highest BCUT2D eigenvalue weighted by molar-refractivity contribution is 5.81. The first-order chi connectivity index (χ1) is 17.3. The number of carboxylic acid groups (broad SMARTS) is 1. The van der Waals surface area contributed by atoms with Gasteiger partial charge >= 0.3 is 5.97 Å². The number of anilines is 2. The summed E-state index contributed by atoms with van der Waals surface area (Å²) in [6.07, 6.45) is 1.27. The van der Waals surface area contributed by atoms with Crippen molar-refractivity contribution in [3.63, 3.8) is 0 Å². The Bertz CT molecular complexity index is 1150. The van der Waals surface area contributed by atoms with Crippen molar-refractivity contribution in [1.29, 1.82) is 0 Å². The van der Waals surface area contributed by atoms with Crippen molar-refractivity contribution in [3.8, 4) is 0 Å². The van der Waals surface area contributed by atoms with Gasteiger partial charge in [0.05, 0.1) is 6.33 Å². The summed E-state index contributed by atoms with van der Waals surface area (Å²) < 4.78 is 7.56. The number of hydrogen-bond acceptors (Lipinski definition) is 12. The van der Waals surface area contributed by atoms with Gasteiger partial charge < -0.3 is 41.7 Å². The van der Waals surface area contributed by atoms with Crippen LogP contribution in [0.4, 0.5) is 11.6 Å². The van der Waals surface area contributed by atoms with Gasteiger partial charge in [-0.25, -0.2) is 19.9 Å². The normalized spacial score (nSPS) is 22.8. The molecule has 0 aromatic carbocycles.